The fraction of sp³-hybridized carbons (Fsp3) is 0.226. The van der Waals surface area contributed by atoms with Gasteiger partial charge in [0, 0.05) is 54.7 Å². The molecule has 10 nitrogen and oxygen atoms in total. The number of nitrogens with zero attached hydrogens (tertiary/aromatic N) is 5. The summed E-state index contributed by atoms with van der Waals surface area (Å²) in [4.78, 5) is 33.6. The Bertz CT molecular complexity index is 1690. The third kappa shape index (κ3) is 6.67. The van der Waals surface area contributed by atoms with E-state index in [4.69, 9.17) is 32.9 Å². The average Bonchev–Trinajstić information content (AvgIpc) is 3.43. The molecule has 1 amide bonds. The number of pyridine rings is 1. The van der Waals surface area contributed by atoms with Gasteiger partial charge in [0.1, 0.15) is 11.4 Å². The molecule has 1 saturated heterocycles. The summed E-state index contributed by atoms with van der Waals surface area (Å²) >= 11 is 13.9. The van der Waals surface area contributed by atoms with Crippen LogP contribution in [0.5, 0.6) is 5.88 Å². The number of aromatic nitrogens is 3. The molecule has 5 rings (SSSR count). The summed E-state index contributed by atoms with van der Waals surface area (Å²) in [5.74, 6) is 0.947. The van der Waals surface area contributed by atoms with Crippen LogP contribution in [0, 0.1) is 0 Å². The Balaban J connectivity index is 1.41. The first-order valence-corrected chi connectivity index (χ1v) is 14.4. The number of carbonyl (C=O) groups is 1. The molecule has 0 bridgehead atoms. The molecule has 0 unspecified atom stereocenters. The zero-order valence-electron chi connectivity index (χ0n) is 23.7. The SMILES string of the molecule is C=Nc1c(N=CC)ccnc1Nc1cccc(-c2cccc(-c3cnc(CNC[C@@H]4CCC(=O)N4)c(OC)n3)c2Cl)c1Cl. The first-order chi connectivity index (χ1) is 20.9. The fourth-order valence-electron chi connectivity index (χ4n) is 4.84. The molecule has 1 fully saturated rings. The van der Waals surface area contributed by atoms with Crippen LogP contribution >= 0.6 is 23.2 Å². The van der Waals surface area contributed by atoms with Crippen molar-refractivity contribution in [3.05, 3.63) is 70.6 Å². The number of methoxy groups -OCH3 is 1. The maximum Gasteiger partial charge on any atom is 0.237 e. The number of halogens is 2. The van der Waals surface area contributed by atoms with Gasteiger partial charge in [0.25, 0.3) is 0 Å². The van der Waals surface area contributed by atoms with E-state index in [1.165, 1.54) is 0 Å². The van der Waals surface area contributed by atoms with E-state index >= 15 is 0 Å². The summed E-state index contributed by atoms with van der Waals surface area (Å²) in [6.45, 7) is 6.58. The first kappa shape index (κ1) is 30.1. The van der Waals surface area contributed by atoms with Crippen molar-refractivity contribution in [1.82, 2.24) is 25.6 Å². The summed E-state index contributed by atoms with van der Waals surface area (Å²) in [7, 11) is 1.55. The van der Waals surface area contributed by atoms with Crippen molar-refractivity contribution < 1.29 is 9.53 Å². The van der Waals surface area contributed by atoms with E-state index in [0.717, 1.165) is 12.0 Å². The molecule has 0 radical (unpaired) electrons. The topological polar surface area (TPSA) is 126 Å². The van der Waals surface area contributed by atoms with E-state index in [2.05, 4.69) is 42.6 Å². The highest BCUT2D eigenvalue weighted by Gasteiger charge is 2.21. The molecule has 0 spiro atoms. The Kier molecular flexibility index (Phi) is 9.61. The monoisotopic (exact) mass is 616 g/mol. The molecule has 1 atom stereocenters. The van der Waals surface area contributed by atoms with Gasteiger partial charge in [0.2, 0.25) is 11.8 Å². The van der Waals surface area contributed by atoms with Crippen LogP contribution in [0.1, 0.15) is 25.5 Å². The van der Waals surface area contributed by atoms with Crippen molar-refractivity contribution in [2.45, 2.75) is 32.4 Å². The number of amides is 1. The van der Waals surface area contributed by atoms with E-state index in [1.807, 2.05) is 43.3 Å². The highest BCUT2D eigenvalue weighted by Crippen LogP contribution is 2.43. The molecule has 0 aliphatic carbocycles. The lowest BCUT2D eigenvalue weighted by atomic mass is 10.0. The lowest BCUT2D eigenvalue weighted by molar-refractivity contribution is -0.119. The maximum absolute atomic E-state index is 11.5. The third-order valence-corrected chi connectivity index (χ3v) is 7.73. The van der Waals surface area contributed by atoms with Gasteiger partial charge >= 0.3 is 0 Å². The molecule has 2 aromatic heterocycles. The Morgan fingerprint density at radius 2 is 1.88 bits per heavy atom. The van der Waals surface area contributed by atoms with Gasteiger partial charge in [-0.1, -0.05) is 53.5 Å². The second kappa shape index (κ2) is 13.7. The summed E-state index contributed by atoms with van der Waals surface area (Å²) < 4.78 is 5.55. The second-order valence-corrected chi connectivity index (χ2v) is 10.4. The number of hydrogen-bond donors (Lipinski definition) is 3. The van der Waals surface area contributed by atoms with Crippen molar-refractivity contribution >= 4 is 64.9 Å². The van der Waals surface area contributed by atoms with Gasteiger partial charge < -0.3 is 20.7 Å². The number of anilines is 2. The number of aliphatic imine (C=N–C) groups is 2. The van der Waals surface area contributed by atoms with Crippen LogP contribution < -0.4 is 20.7 Å². The van der Waals surface area contributed by atoms with Crippen molar-refractivity contribution in [2.24, 2.45) is 9.98 Å². The molecule has 1 aliphatic heterocycles. The first-order valence-electron chi connectivity index (χ1n) is 13.6. The molecule has 43 heavy (non-hydrogen) atoms. The van der Waals surface area contributed by atoms with Gasteiger partial charge in [0.15, 0.2) is 5.82 Å². The highest BCUT2D eigenvalue weighted by molar-refractivity contribution is 6.39. The van der Waals surface area contributed by atoms with Gasteiger partial charge in [-0.05, 0) is 32.2 Å². The van der Waals surface area contributed by atoms with Gasteiger partial charge in [0.05, 0.1) is 40.4 Å². The van der Waals surface area contributed by atoms with Crippen LogP contribution in [0.4, 0.5) is 22.9 Å². The molecule has 220 valence electrons. The van der Waals surface area contributed by atoms with Gasteiger partial charge in [-0.25, -0.2) is 9.97 Å². The van der Waals surface area contributed by atoms with Gasteiger partial charge in [-0.15, -0.1) is 0 Å². The van der Waals surface area contributed by atoms with Gasteiger partial charge in [-0.2, -0.15) is 0 Å². The minimum atomic E-state index is 0.0838. The molecule has 1 aliphatic rings. The molecule has 0 saturated carbocycles. The molecule has 12 heteroatoms. The van der Waals surface area contributed by atoms with Gasteiger partial charge in [-0.3, -0.25) is 19.8 Å². The normalized spacial score (nSPS) is 14.6. The van der Waals surface area contributed by atoms with E-state index in [9.17, 15) is 4.79 Å². The van der Waals surface area contributed by atoms with Crippen molar-refractivity contribution in [1.29, 1.82) is 0 Å². The maximum atomic E-state index is 11.5. The lowest BCUT2D eigenvalue weighted by Crippen LogP contribution is -2.35. The van der Waals surface area contributed by atoms with Crippen LogP contribution in [0.3, 0.4) is 0 Å². The largest absolute Gasteiger partial charge is 0.480 e. The molecule has 3 heterocycles. The third-order valence-electron chi connectivity index (χ3n) is 6.92. The molecule has 4 aromatic rings. The predicted octanol–water partition coefficient (Wildman–Crippen LogP) is 6.69. The lowest BCUT2D eigenvalue weighted by Gasteiger charge is -2.16. The Labute approximate surface area is 259 Å². The van der Waals surface area contributed by atoms with Crippen LogP contribution in [-0.2, 0) is 11.3 Å². The molecular formula is C31H30Cl2N8O2. The highest BCUT2D eigenvalue weighted by atomic mass is 35.5. The molecule has 3 N–H and O–H groups in total. The van der Waals surface area contributed by atoms with Crippen molar-refractivity contribution in [3.63, 3.8) is 0 Å². The van der Waals surface area contributed by atoms with Crippen LogP contribution in [-0.4, -0.2) is 53.5 Å². The summed E-state index contributed by atoms with van der Waals surface area (Å²) in [6.07, 6.45) is 6.37. The van der Waals surface area contributed by atoms with E-state index in [-0.39, 0.29) is 11.9 Å². The standard InChI is InChI=1S/C31H30Cl2N8O2/c1-4-36-23-13-14-37-30(29(23)34-2)40-22-10-6-8-20(28(22)33)19-7-5-9-21(27(19)32)24-17-38-25(31(41-24)43-3)16-35-15-18-11-12-26(42)39-18/h4-10,13-14,17-18,35H,2,11-12,15-16H2,1,3H3,(H,37,40)(H,39,42)/t18-/m0/s1. The van der Waals surface area contributed by atoms with Crippen LogP contribution in [0.15, 0.2) is 64.8 Å². The number of rotatable bonds is 11. The minimum absolute atomic E-state index is 0.0838. The van der Waals surface area contributed by atoms with Crippen molar-refractivity contribution in [3.8, 4) is 28.3 Å². The summed E-state index contributed by atoms with van der Waals surface area (Å²) in [5.41, 5.74) is 5.09. The van der Waals surface area contributed by atoms with Crippen LogP contribution in [0.25, 0.3) is 22.4 Å². The predicted molar refractivity (Wildman–Crippen MR) is 173 cm³/mol. The van der Waals surface area contributed by atoms with E-state index in [1.54, 1.807) is 31.8 Å². The zero-order chi connectivity index (χ0) is 30.3. The number of hydrogen-bond acceptors (Lipinski definition) is 9. The number of nitrogens with one attached hydrogen (secondary N) is 3. The quantitative estimate of drug-likeness (QED) is 0.160. The summed E-state index contributed by atoms with van der Waals surface area (Å²) in [6, 6.07) is 13.2. The van der Waals surface area contributed by atoms with Crippen molar-refractivity contribution in [2.75, 3.05) is 19.0 Å². The Morgan fingerprint density at radius 3 is 2.60 bits per heavy atom. The molecular weight excluding hydrogens is 587 g/mol. The number of carbonyl (C=O) groups excluding carboxylic acids is 1. The molecule has 2 aromatic carbocycles. The Morgan fingerprint density at radius 1 is 1.12 bits per heavy atom. The summed E-state index contributed by atoms with van der Waals surface area (Å²) in [5, 5.41) is 10.4. The number of benzene rings is 2. The second-order valence-electron chi connectivity index (χ2n) is 9.68. The number of ether oxygens (including phenoxy) is 1. The fourth-order valence-corrected chi connectivity index (χ4v) is 5.44. The van der Waals surface area contributed by atoms with E-state index in [0.29, 0.717) is 80.8 Å². The van der Waals surface area contributed by atoms with Crippen LogP contribution in [0.2, 0.25) is 10.0 Å². The minimum Gasteiger partial charge on any atom is -0.480 e. The zero-order valence-corrected chi connectivity index (χ0v) is 25.2. The average molecular weight is 618 g/mol. The smallest absolute Gasteiger partial charge is 0.237 e. The Hall–Kier alpha value is -4.38. The van der Waals surface area contributed by atoms with E-state index < -0.39 is 0 Å².